The molecule has 0 amide bonds. The Hall–Kier alpha value is -2.16. The monoisotopic (exact) mass is 269 g/mol. The molecule has 20 heavy (non-hydrogen) atoms. The molecule has 0 aliphatic carbocycles. The Labute approximate surface area is 121 Å². The van der Waals surface area contributed by atoms with E-state index in [9.17, 15) is 0 Å². The van der Waals surface area contributed by atoms with Crippen LogP contribution in [0.5, 0.6) is 0 Å². The Kier molecular flexibility index (Phi) is 4.18. The second-order valence-electron chi connectivity index (χ2n) is 5.27. The van der Waals surface area contributed by atoms with Gasteiger partial charge in [-0.05, 0) is 23.9 Å². The van der Waals surface area contributed by atoms with Gasteiger partial charge in [0.25, 0.3) is 0 Å². The first-order chi connectivity index (χ1) is 9.54. The van der Waals surface area contributed by atoms with E-state index in [1.54, 1.807) is 0 Å². The summed E-state index contributed by atoms with van der Waals surface area (Å²) in [5.41, 5.74) is 10.4. The maximum absolute atomic E-state index is 5.93. The van der Waals surface area contributed by atoms with Crippen LogP contribution in [0.15, 0.2) is 47.8 Å². The van der Waals surface area contributed by atoms with Gasteiger partial charge in [0.15, 0.2) is 0 Å². The van der Waals surface area contributed by atoms with Crippen molar-refractivity contribution in [1.82, 2.24) is 5.32 Å². The Bertz CT molecular complexity index is 638. The molecule has 0 aliphatic heterocycles. The molecule has 0 fully saturated rings. The van der Waals surface area contributed by atoms with Crippen LogP contribution in [0.4, 0.5) is 5.69 Å². The van der Waals surface area contributed by atoms with Gasteiger partial charge in [-0.3, -0.25) is 0 Å². The fourth-order valence-corrected chi connectivity index (χ4v) is 2.51. The van der Waals surface area contributed by atoms with Crippen molar-refractivity contribution < 1.29 is 0 Å². The van der Waals surface area contributed by atoms with Gasteiger partial charge in [-0.15, -0.1) is 0 Å². The van der Waals surface area contributed by atoms with E-state index in [0.29, 0.717) is 0 Å². The average Bonchev–Trinajstić information content (AvgIpc) is 2.43. The Balaban J connectivity index is 2.57. The largest absolute Gasteiger partial charge is 0.401 e. The molecule has 0 spiro atoms. The van der Waals surface area contributed by atoms with Gasteiger partial charge in [-0.25, -0.2) is 0 Å². The lowest BCUT2D eigenvalue weighted by atomic mass is 9.98. The minimum atomic E-state index is 0.826. The molecule has 3 nitrogen and oxygen atoms in total. The zero-order chi connectivity index (χ0) is 14.7. The van der Waals surface area contributed by atoms with Crippen molar-refractivity contribution >= 4 is 16.5 Å². The smallest absolute Gasteiger partial charge is 0.0440 e. The summed E-state index contributed by atoms with van der Waals surface area (Å²) in [6, 6.07) is 12.9. The van der Waals surface area contributed by atoms with Crippen LogP contribution in [0.2, 0.25) is 0 Å². The van der Waals surface area contributed by atoms with Crippen LogP contribution in [0, 0.1) is 0 Å². The Morgan fingerprint density at radius 1 is 1.10 bits per heavy atom. The molecule has 2 aromatic rings. The summed E-state index contributed by atoms with van der Waals surface area (Å²) in [6.07, 6.45) is 0.826. The van der Waals surface area contributed by atoms with Crippen molar-refractivity contribution in [3.8, 4) is 0 Å². The number of allylic oxidation sites excluding steroid dienone is 2. The quantitative estimate of drug-likeness (QED) is 0.897. The van der Waals surface area contributed by atoms with Crippen molar-refractivity contribution in [2.24, 2.45) is 5.73 Å². The Morgan fingerprint density at radius 2 is 1.75 bits per heavy atom. The molecule has 3 heteroatoms. The summed E-state index contributed by atoms with van der Waals surface area (Å²) in [6.45, 7) is 1.93. The summed E-state index contributed by atoms with van der Waals surface area (Å²) >= 11 is 0. The van der Waals surface area contributed by atoms with E-state index in [1.165, 1.54) is 22.0 Å². The summed E-state index contributed by atoms with van der Waals surface area (Å²) in [7, 11) is 6.07. The van der Waals surface area contributed by atoms with Gasteiger partial charge in [0, 0.05) is 50.0 Å². The van der Waals surface area contributed by atoms with Crippen LogP contribution < -0.4 is 16.0 Å². The minimum absolute atomic E-state index is 0.826. The van der Waals surface area contributed by atoms with Crippen LogP contribution >= 0.6 is 0 Å². The molecule has 0 atom stereocenters. The SMILES string of the molecule is CN/C(Cc1ccc(N(C)C)c2ccccc12)=C(/C)N. The lowest BCUT2D eigenvalue weighted by molar-refractivity contribution is 0.890. The first-order valence-corrected chi connectivity index (χ1v) is 6.85. The molecule has 0 radical (unpaired) electrons. The number of nitrogens with zero attached hydrogens (tertiary/aromatic N) is 1. The molecule has 2 aromatic carbocycles. The summed E-state index contributed by atoms with van der Waals surface area (Å²) in [5.74, 6) is 0. The Morgan fingerprint density at radius 3 is 2.30 bits per heavy atom. The van der Waals surface area contributed by atoms with Crippen molar-refractivity contribution in [2.75, 3.05) is 26.0 Å². The number of nitrogens with two attached hydrogens (primary N) is 1. The standard InChI is InChI=1S/C17H23N3/c1-12(18)16(19-2)11-13-9-10-17(20(3)4)15-8-6-5-7-14(13)15/h5-10,19H,11,18H2,1-4H3/b16-12-. The number of anilines is 1. The van der Waals surface area contributed by atoms with Crippen molar-refractivity contribution in [1.29, 1.82) is 0 Å². The fraction of sp³-hybridized carbons (Fsp3) is 0.294. The summed E-state index contributed by atoms with van der Waals surface area (Å²) < 4.78 is 0. The molecular formula is C17H23N3. The second-order valence-corrected chi connectivity index (χ2v) is 5.27. The summed E-state index contributed by atoms with van der Waals surface area (Å²) in [4.78, 5) is 2.15. The van der Waals surface area contributed by atoms with Crippen LogP contribution in [0.25, 0.3) is 10.8 Å². The van der Waals surface area contributed by atoms with E-state index < -0.39 is 0 Å². The van der Waals surface area contributed by atoms with Gasteiger partial charge >= 0.3 is 0 Å². The van der Waals surface area contributed by atoms with Crippen molar-refractivity contribution in [3.05, 3.63) is 53.4 Å². The maximum atomic E-state index is 5.93. The molecule has 3 N–H and O–H groups in total. The average molecular weight is 269 g/mol. The van der Waals surface area contributed by atoms with Crippen LogP contribution in [0.1, 0.15) is 12.5 Å². The predicted octanol–water partition coefficient (Wildman–Crippen LogP) is 2.86. The number of fused-ring (bicyclic) bond motifs is 1. The lowest BCUT2D eigenvalue weighted by Crippen LogP contribution is -2.15. The first-order valence-electron chi connectivity index (χ1n) is 6.85. The predicted molar refractivity (Wildman–Crippen MR) is 87.9 cm³/mol. The topological polar surface area (TPSA) is 41.3 Å². The molecule has 0 bridgehead atoms. The maximum Gasteiger partial charge on any atom is 0.0440 e. The molecule has 0 saturated carbocycles. The van der Waals surface area contributed by atoms with Gasteiger partial charge in [0.2, 0.25) is 0 Å². The van der Waals surface area contributed by atoms with Crippen LogP contribution in [-0.4, -0.2) is 21.1 Å². The highest BCUT2D eigenvalue weighted by atomic mass is 15.1. The first kappa shape index (κ1) is 14.3. The molecule has 0 aromatic heterocycles. The molecule has 2 rings (SSSR count). The molecule has 0 saturated heterocycles. The minimum Gasteiger partial charge on any atom is -0.401 e. The highest BCUT2D eigenvalue weighted by Gasteiger charge is 2.09. The van der Waals surface area contributed by atoms with E-state index in [-0.39, 0.29) is 0 Å². The van der Waals surface area contributed by atoms with Crippen molar-refractivity contribution in [3.63, 3.8) is 0 Å². The fourth-order valence-electron chi connectivity index (χ4n) is 2.51. The highest BCUT2D eigenvalue weighted by Crippen LogP contribution is 2.29. The molecular weight excluding hydrogens is 246 g/mol. The van der Waals surface area contributed by atoms with E-state index >= 15 is 0 Å². The molecule has 106 valence electrons. The van der Waals surface area contributed by atoms with Gasteiger partial charge in [-0.1, -0.05) is 30.3 Å². The number of benzene rings is 2. The number of hydrogen-bond acceptors (Lipinski definition) is 3. The van der Waals surface area contributed by atoms with Gasteiger partial charge < -0.3 is 16.0 Å². The van der Waals surface area contributed by atoms with E-state index in [0.717, 1.165) is 17.8 Å². The normalized spacial score (nSPS) is 12.2. The van der Waals surface area contributed by atoms with Gasteiger partial charge in [-0.2, -0.15) is 0 Å². The molecule has 0 unspecified atom stereocenters. The van der Waals surface area contributed by atoms with E-state index in [4.69, 9.17) is 5.73 Å². The van der Waals surface area contributed by atoms with Crippen LogP contribution in [0.3, 0.4) is 0 Å². The second kappa shape index (κ2) is 5.87. The number of nitrogens with one attached hydrogen (secondary N) is 1. The zero-order valence-corrected chi connectivity index (χ0v) is 12.7. The number of rotatable bonds is 4. The third-order valence-corrected chi connectivity index (χ3v) is 3.62. The van der Waals surface area contributed by atoms with Crippen molar-refractivity contribution in [2.45, 2.75) is 13.3 Å². The highest BCUT2D eigenvalue weighted by molar-refractivity contribution is 5.96. The zero-order valence-electron chi connectivity index (χ0n) is 12.7. The number of likely N-dealkylation sites (N-methyl/N-ethyl adjacent to an activating group) is 1. The third-order valence-electron chi connectivity index (χ3n) is 3.62. The molecule has 0 heterocycles. The van der Waals surface area contributed by atoms with Crippen LogP contribution in [-0.2, 0) is 6.42 Å². The summed E-state index contributed by atoms with van der Waals surface area (Å²) in [5, 5.41) is 5.76. The lowest BCUT2D eigenvalue weighted by Gasteiger charge is -2.18. The molecule has 0 aliphatic rings. The van der Waals surface area contributed by atoms with Gasteiger partial charge in [0.05, 0.1) is 0 Å². The van der Waals surface area contributed by atoms with Gasteiger partial charge in [0.1, 0.15) is 0 Å². The van der Waals surface area contributed by atoms with E-state index in [1.807, 2.05) is 14.0 Å². The third kappa shape index (κ3) is 2.72. The number of hydrogen-bond donors (Lipinski definition) is 2. The van der Waals surface area contributed by atoms with E-state index in [2.05, 4.69) is 60.7 Å².